The van der Waals surface area contributed by atoms with Gasteiger partial charge in [0, 0.05) is 12.7 Å². The van der Waals surface area contributed by atoms with E-state index in [9.17, 15) is 14.5 Å². The quantitative estimate of drug-likeness (QED) is 0.637. The van der Waals surface area contributed by atoms with Crippen molar-refractivity contribution in [3.05, 3.63) is 63.5 Å². The fourth-order valence-electron chi connectivity index (χ4n) is 1.97. The van der Waals surface area contributed by atoms with Gasteiger partial charge >= 0.3 is 0 Å². The zero-order chi connectivity index (χ0) is 15.6. The molecule has 0 heterocycles. The molecule has 0 aliphatic rings. The number of rotatable bonds is 3. The number of aryl methyl sites for hydroxylation is 1. The first-order chi connectivity index (χ1) is 9.93. The minimum atomic E-state index is -0.613. The molecule has 0 amide bonds. The zero-order valence-corrected chi connectivity index (χ0v) is 11.5. The van der Waals surface area contributed by atoms with Crippen LogP contribution in [0.4, 0.5) is 21.5 Å². The Morgan fingerprint density at radius 3 is 2.43 bits per heavy atom. The Kier molecular flexibility index (Phi) is 3.85. The van der Waals surface area contributed by atoms with E-state index in [4.69, 9.17) is 5.26 Å². The van der Waals surface area contributed by atoms with E-state index in [0.717, 1.165) is 6.07 Å². The summed E-state index contributed by atoms with van der Waals surface area (Å²) in [5, 5.41) is 19.9. The van der Waals surface area contributed by atoms with Crippen molar-refractivity contribution in [2.75, 3.05) is 11.9 Å². The third kappa shape index (κ3) is 2.82. The molecule has 2 rings (SSSR count). The summed E-state index contributed by atoms with van der Waals surface area (Å²) in [4.78, 5) is 12.1. The lowest BCUT2D eigenvalue weighted by Crippen LogP contribution is -2.12. The number of halogens is 1. The number of nitro groups is 1. The van der Waals surface area contributed by atoms with Crippen LogP contribution >= 0.6 is 0 Å². The molecule has 0 saturated carbocycles. The first-order valence-corrected chi connectivity index (χ1v) is 6.12. The second kappa shape index (κ2) is 5.59. The highest BCUT2D eigenvalue weighted by Gasteiger charge is 2.20. The van der Waals surface area contributed by atoms with E-state index in [1.165, 1.54) is 6.07 Å². The van der Waals surface area contributed by atoms with Crippen LogP contribution in [0.5, 0.6) is 0 Å². The molecule has 0 N–H and O–H groups in total. The van der Waals surface area contributed by atoms with Crippen LogP contribution in [-0.2, 0) is 0 Å². The van der Waals surface area contributed by atoms with Gasteiger partial charge in [-0.1, -0.05) is 0 Å². The van der Waals surface area contributed by atoms with Gasteiger partial charge in [0.1, 0.15) is 11.5 Å². The van der Waals surface area contributed by atoms with Crippen molar-refractivity contribution in [3.63, 3.8) is 0 Å². The molecular weight excluding hydrogens is 273 g/mol. The van der Waals surface area contributed by atoms with Crippen LogP contribution in [0, 0.1) is 34.2 Å². The van der Waals surface area contributed by atoms with Crippen LogP contribution in [0.2, 0.25) is 0 Å². The molecule has 0 radical (unpaired) electrons. The average molecular weight is 285 g/mol. The van der Waals surface area contributed by atoms with Crippen molar-refractivity contribution in [1.29, 1.82) is 5.26 Å². The molecule has 0 unspecified atom stereocenters. The van der Waals surface area contributed by atoms with E-state index >= 15 is 0 Å². The summed E-state index contributed by atoms with van der Waals surface area (Å²) < 4.78 is 13.5. The molecule has 0 fully saturated rings. The SMILES string of the molecule is Cc1cc(N(C)c2ccc(C#N)cc2)c([N+](=O)[O-])cc1F. The molecule has 5 nitrogen and oxygen atoms in total. The summed E-state index contributed by atoms with van der Waals surface area (Å²) in [6.07, 6.45) is 0. The maximum Gasteiger partial charge on any atom is 0.295 e. The number of hydrogen-bond donors (Lipinski definition) is 0. The van der Waals surface area contributed by atoms with Gasteiger partial charge in [0.25, 0.3) is 5.69 Å². The predicted octanol–water partition coefficient (Wildman–Crippen LogP) is 3.68. The van der Waals surface area contributed by atoms with Crippen LogP contribution < -0.4 is 4.90 Å². The van der Waals surface area contributed by atoms with Gasteiger partial charge in [-0.25, -0.2) is 4.39 Å². The van der Waals surface area contributed by atoms with Crippen LogP contribution in [0.1, 0.15) is 11.1 Å². The lowest BCUT2D eigenvalue weighted by atomic mass is 10.1. The van der Waals surface area contributed by atoms with Gasteiger partial charge in [-0.15, -0.1) is 0 Å². The summed E-state index contributed by atoms with van der Waals surface area (Å²) in [5.74, 6) is -0.612. The lowest BCUT2D eigenvalue weighted by molar-refractivity contribution is -0.384. The van der Waals surface area contributed by atoms with E-state index in [1.807, 2.05) is 6.07 Å². The molecule has 21 heavy (non-hydrogen) atoms. The monoisotopic (exact) mass is 285 g/mol. The number of anilines is 2. The Bertz CT molecular complexity index is 736. The average Bonchev–Trinajstić information content (AvgIpc) is 2.48. The number of hydrogen-bond acceptors (Lipinski definition) is 4. The highest BCUT2D eigenvalue weighted by Crippen LogP contribution is 2.34. The van der Waals surface area contributed by atoms with E-state index in [1.54, 1.807) is 43.1 Å². The van der Waals surface area contributed by atoms with E-state index in [0.29, 0.717) is 22.5 Å². The molecule has 0 saturated heterocycles. The predicted molar refractivity (Wildman–Crippen MR) is 77.0 cm³/mol. The molecule has 2 aromatic rings. The highest BCUT2D eigenvalue weighted by atomic mass is 19.1. The molecule has 0 bridgehead atoms. The summed E-state index contributed by atoms with van der Waals surface area (Å²) in [7, 11) is 1.65. The van der Waals surface area contributed by atoms with Crippen molar-refractivity contribution in [2.45, 2.75) is 6.92 Å². The highest BCUT2D eigenvalue weighted by molar-refractivity contribution is 5.72. The van der Waals surface area contributed by atoms with Crippen molar-refractivity contribution in [1.82, 2.24) is 0 Å². The number of nitro benzene ring substituents is 1. The van der Waals surface area contributed by atoms with Gasteiger partial charge < -0.3 is 4.90 Å². The van der Waals surface area contributed by atoms with Gasteiger partial charge in [-0.05, 0) is 42.8 Å². The van der Waals surface area contributed by atoms with E-state index < -0.39 is 10.7 Å². The first-order valence-electron chi connectivity index (χ1n) is 6.12. The van der Waals surface area contributed by atoms with E-state index in [2.05, 4.69) is 0 Å². The molecule has 106 valence electrons. The van der Waals surface area contributed by atoms with Gasteiger partial charge in [0.2, 0.25) is 0 Å². The standard InChI is InChI=1S/C15H12FN3O2/c1-10-7-14(15(19(20)21)8-13(10)16)18(2)12-5-3-11(9-17)4-6-12/h3-8H,1-2H3. The Labute approximate surface area is 121 Å². The fraction of sp³-hybridized carbons (Fsp3) is 0.133. The molecular formula is C15H12FN3O2. The second-order valence-electron chi connectivity index (χ2n) is 4.56. The topological polar surface area (TPSA) is 70.2 Å². The van der Waals surface area contributed by atoms with Crippen molar-refractivity contribution in [2.24, 2.45) is 0 Å². The minimum absolute atomic E-state index is 0.295. The fourth-order valence-corrected chi connectivity index (χ4v) is 1.97. The zero-order valence-electron chi connectivity index (χ0n) is 11.5. The maximum absolute atomic E-state index is 13.5. The lowest BCUT2D eigenvalue weighted by Gasteiger charge is -2.20. The van der Waals surface area contributed by atoms with Crippen molar-refractivity contribution in [3.8, 4) is 6.07 Å². The first kappa shape index (κ1) is 14.5. The summed E-state index contributed by atoms with van der Waals surface area (Å²) in [6.45, 7) is 1.55. The Morgan fingerprint density at radius 1 is 1.29 bits per heavy atom. The van der Waals surface area contributed by atoms with Gasteiger partial charge in [0.15, 0.2) is 0 Å². The summed E-state index contributed by atoms with van der Waals surface area (Å²) in [6, 6.07) is 11.0. The van der Waals surface area contributed by atoms with Gasteiger partial charge in [-0.3, -0.25) is 10.1 Å². The Hall–Kier alpha value is -2.94. The Balaban J connectivity index is 2.51. The number of benzene rings is 2. The minimum Gasteiger partial charge on any atom is -0.339 e. The molecule has 0 aliphatic heterocycles. The molecule has 0 spiro atoms. The number of nitriles is 1. The van der Waals surface area contributed by atoms with Crippen LogP contribution in [0.3, 0.4) is 0 Å². The maximum atomic E-state index is 13.5. The van der Waals surface area contributed by atoms with Crippen LogP contribution in [0.15, 0.2) is 36.4 Å². The van der Waals surface area contributed by atoms with E-state index in [-0.39, 0.29) is 5.69 Å². The molecule has 6 heteroatoms. The molecule has 0 aromatic heterocycles. The molecule has 0 atom stereocenters. The second-order valence-corrected chi connectivity index (χ2v) is 4.56. The normalized spacial score (nSPS) is 10.0. The molecule has 0 aliphatic carbocycles. The van der Waals surface area contributed by atoms with Crippen LogP contribution in [0.25, 0.3) is 0 Å². The summed E-state index contributed by atoms with van der Waals surface area (Å²) >= 11 is 0. The van der Waals surface area contributed by atoms with Crippen molar-refractivity contribution >= 4 is 17.1 Å². The Morgan fingerprint density at radius 2 is 1.90 bits per heavy atom. The summed E-state index contributed by atoms with van der Waals surface area (Å²) in [5.41, 5.74) is 1.49. The number of nitrogens with zero attached hydrogens (tertiary/aromatic N) is 3. The third-order valence-corrected chi connectivity index (χ3v) is 3.20. The largest absolute Gasteiger partial charge is 0.339 e. The van der Waals surface area contributed by atoms with Gasteiger partial charge in [0.05, 0.1) is 22.6 Å². The van der Waals surface area contributed by atoms with Crippen LogP contribution in [-0.4, -0.2) is 12.0 Å². The van der Waals surface area contributed by atoms with Gasteiger partial charge in [-0.2, -0.15) is 5.26 Å². The van der Waals surface area contributed by atoms with Crippen molar-refractivity contribution < 1.29 is 9.31 Å². The smallest absolute Gasteiger partial charge is 0.295 e. The molecule has 2 aromatic carbocycles. The third-order valence-electron chi connectivity index (χ3n) is 3.20.